The molecule has 0 spiro atoms. The van der Waals surface area contributed by atoms with E-state index in [-0.39, 0.29) is 0 Å². The molecule has 0 aliphatic heterocycles. The number of nitrogens with zero attached hydrogens (tertiary/aromatic N) is 1. The number of fused-ring (bicyclic) bond motifs is 5. The first-order chi connectivity index (χ1) is 16.4. The van der Waals surface area contributed by atoms with Gasteiger partial charge in [0.1, 0.15) is 0 Å². The van der Waals surface area contributed by atoms with Crippen molar-refractivity contribution < 1.29 is 0 Å². The highest BCUT2D eigenvalue weighted by Crippen LogP contribution is 2.43. The van der Waals surface area contributed by atoms with Crippen LogP contribution in [0.4, 0.5) is 0 Å². The monoisotopic (exact) mass is 445 g/mol. The first-order valence-corrected chi connectivity index (χ1v) is 13.2. The molecular weight excluding hydrogens is 418 g/mol. The Morgan fingerprint density at radius 3 is 2.30 bits per heavy atom. The number of benzene rings is 3. The molecule has 0 saturated carbocycles. The second-order valence-electron chi connectivity index (χ2n) is 9.65. The quantitative estimate of drug-likeness (QED) is 0.265. The Bertz CT molecular complexity index is 1520. The molecule has 3 aromatic carbocycles. The summed E-state index contributed by atoms with van der Waals surface area (Å²) in [4.78, 5) is 4.90. The lowest BCUT2D eigenvalue weighted by Crippen LogP contribution is -2.05. The summed E-state index contributed by atoms with van der Waals surface area (Å²) in [5.74, 6) is 0. The lowest BCUT2D eigenvalue weighted by Gasteiger charge is -2.19. The van der Waals surface area contributed by atoms with Crippen LogP contribution in [0.3, 0.4) is 0 Å². The second-order valence-corrected chi connectivity index (χ2v) is 10.7. The van der Waals surface area contributed by atoms with Crippen molar-refractivity contribution in [1.29, 1.82) is 0 Å². The fraction of sp³-hybridized carbons (Fsp3) is 0.258. The topological polar surface area (TPSA) is 12.9 Å². The van der Waals surface area contributed by atoms with Crippen molar-refractivity contribution in [1.82, 2.24) is 4.98 Å². The molecule has 0 radical (unpaired) electrons. The van der Waals surface area contributed by atoms with Gasteiger partial charge in [-0.15, -0.1) is 11.3 Å². The molecule has 5 aromatic rings. The number of pyridine rings is 1. The van der Waals surface area contributed by atoms with Gasteiger partial charge in [-0.1, -0.05) is 42.5 Å². The zero-order valence-electron chi connectivity index (χ0n) is 18.9. The summed E-state index contributed by atoms with van der Waals surface area (Å²) in [6.07, 6.45) is 12.0. The van der Waals surface area contributed by atoms with E-state index in [0.29, 0.717) is 0 Å². The van der Waals surface area contributed by atoms with Gasteiger partial charge in [0.25, 0.3) is 0 Å². The number of hydrogen-bond acceptors (Lipinski definition) is 2. The minimum atomic E-state index is 1.16. The smallest absolute Gasteiger partial charge is 0.0751 e. The van der Waals surface area contributed by atoms with E-state index in [1.807, 2.05) is 17.5 Å². The van der Waals surface area contributed by atoms with Gasteiger partial charge in [0, 0.05) is 31.9 Å². The molecule has 0 unspecified atom stereocenters. The Morgan fingerprint density at radius 1 is 0.636 bits per heavy atom. The van der Waals surface area contributed by atoms with Gasteiger partial charge < -0.3 is 0 Å². The molecule has 7 rings (SSSR count). The number of aromatic nitrogens is 1. The summed E-state index contributed by atoms with van der Waals surface area (Å²) in [6, 6.07) is 23.1. The van der Waals surface area contributed by atoms with Crippen molar-refractivity contribution in [2.45, 2.75) is 51.4 Å². The predicted octanol–water partition coefficient (Wildman–Crippen LogP) is 8.54. The number of rotatable bonds is 2. The van der Waals surface area contributed by atoms with Crippen LogP contribution in [-0.2, 0) is 25.7 Å². The van der Waals surface area contributed by atoms with Crippen molar-refractivity contribution in [2.75, 3.05) is 0 Å². The molecule has 0 fully saturated rings. The largest absolute Gasteiger partial charge is 0.256 e. The SMILES string of the molecule is c1cc2c(c(-c3ccc4sc5c(-c6nccc7c6CCCC7)cccc5c4c3)c1)CCCC2. The highest BCUT2D eigenvalue weighted by Gasteiger charge is 2.19. The predicted molar refractivity (Wildman–Crippen MR) is 141 cm³/mol. The summed E-state index contributed by atoms with van der Waals surface area (Å²) in [5.41, 5.74) is 11.4. The van der Waals surface area contributed by atoms with Gasteiger partial charge >= 0.3 is 0 Å². The van der Waals surface area contributed by atoms with Gasteiger partial charge in [0.15, 0.2) is 0 Å². The molecule has 162 valence electrons. The lowest BCUT2D eigenvalue weighted by molar-refractivity contribution is 0.684. The Kier molecular flexibility index (Phi) is 4.62. The van der Waals surface area contributed by atoms with Crippen molar-refractivity contribution in [3.05, 3.63) is 89.1 Å². The Morgan fingerprint density at radius 2 is 1.39 bits per heavy atom. The zero-order valence-corrected chi connectivity index (χ0v) is 19.7. The third-order valence-corrected chi connectivity index (χ3v) is 8.95. The lowest BCUT2D eigenvalue weighted by atomic mass is 9.85. The van der Waals surface area contributed by atoms with Gasteiger partial charge in [0.05, 0.1) is 5.69 Å². The normalized spacial score (nSPS) is 15.5. The summed E-state index contributed by atoms with van der Waals surface area (Å²) in [6.45, 7) is 0. The van der Waals surface area contributed by atoms with Crippen molar-refractivity contribution in [2.24, 2.45) is 0 Å². The molecule has 2 aliphatic carbocycles. The van der Waals surface area contributed by atoms with Crippen LogP contribution in [0.5, 0.6) is 0 Å². The van der Waals surface area contributed by atoms with Crippen LogP contribution in [0.2, 0.25) is 0 Å². The van der Waals surface area contributed by atoms with Crippen LogP contribution in [0.1, 0.15) is 47.9 Å². The fourth-order valence-electron chi connectivity index (χ4n) is 6.10. The summed E-state index contributed by atoms with van der Waals surface area (Å²) < 4.78 is 2.75. The first kappa shape index (κ1) is 19.5. The number of thiophene rings is 1. The zero-order chi connectivity index (χ0) is 21.8. The number of hydrogen-bond donors (Lipinski definition) is 0. The highest BCUT2D eigenvalue weighted by molar-refractivity contribution is 7.26. The number of aryl methyl sites for hydroxylation is 2. The second kappa shape index (κ2) is 7.81. The molecule has 2 aromatic heterocycles. The minimum Gasteiger partial charge on any atom is -0.256 e. The van der Waals surface area contributed by atoms with E-state index in [0.717, 1.165) is 6.42 Å². The van der Waals surface area contributed by atoms with Crippen molar-refractivity contribution in [3.63, 3.8) is 0 Å². The van der Waals surface area contributed by atoms with E-state index in [2.05, 4.69) is 60.7 Å². The molecule has 0 amide bonds. The molecule has 2 heteroatoms. The van der Waals surface area contributed by atoms with E-state index in [1.165, 1.54) is 98.6 Å². The molecule has 0 N–H and O–H groups in total. The van der Waals surface area contributed by atoms with Gasteiger partial charge in [-0.05, 0) is 103 Å². The molecular formula is C31H27NS. The minimum absolute atomic E-state index is 1.16. The van der Waals surface area contributed by atoms with Crippen molar-refractivity contribution in [3.8, 4) is 22.4 Å². The summed E-state index contributed by atoms with van der Waals surface area (Å²) >= 11 is 1.93. The molecule has 0 atom stereocenters. The van der Waals surface area contributed by atoms with E-state index in [4.69, 9.17) is 4.98 Å². The van der Waals surface area contributed by atoms with Crippen LogP contribution >= 0.6 is 11.3 Å². The van der Waals surface area contributed by atoms with Gasteiger partial charge in [-0.2, -0.15) is 0 Å². The maximum absolute atomic E-state index is 4.90. The van der Waals surface area contributed by atoms with E-state index >= 15 is 0 Å². The van der Waals surface area contributed by atoms with E-state index in [9.17, 15) is 0 Å². The third-order valence-electron chi connectivity index (χ3n) is 7.73. The van der Waals surface area contributed by atoms with Gasteiger partial charge in [-0.3, -0.25) is 4.98 Å². The molecule has 33 heavy (non-hydrogen) atoms. The Hall–Kier alpha value is -2.97. The first-order valence-electron chi connectivity index (χ1n) is 12.4. The van der Waals surface area contributed by atoms with Crippen LogP contribution in [0.25, 0.3) is 42.6 Å². The van der Waals surface area contributed by atoms with Gasteiger partial charge in [0.2, 0.25) is 0 Å². The maximum atomic E-state index is 4.90. The Labute approximate surface area is 199 Å². The van der Waals surface area contributed by atoms with Crippen LogP contribution in [0, 0.1) is 0 Å². The van der Waals surface area contributed by atoms with Gasteiger partial charge in [-0.25, -0.2) is 0 Å². The summed E-state index contributed by atoms with van der Waals surface area (Å²) in [5, 5.41) is 2.75. The molecule has 1 nitrogen and oxygen atoms in total. The van der Waals surface area contributed by atoms with E-state index < -0.39 is 0 Å². The molecule has 2 heterocycles. The summed E-state index contributed by atoms with van der Waals surface area (Å²) in [7, 11) is 0. The third kappa shape index (κ3) is 3.15. The fourth-order valence-corrected chi connectivity index (χ4v) is 7.30. The van der Waals surface area contributed by atoms with E-state index in [1.54, 1.807) is 11.1 Å². The standard InChI is InChI=1S/C31H27NS/c1-3-10-23-20(7-1)9-5-12-24(23)22-15-16-29-28(19-22)26-13-6-14-27(31(26)33-29)30-25-11-4-2-8-21(25)17-18-32-30/h5-6,9,12-19H,1-4,7-8,10-11H2. The van der Waals surface area contributed by atoms with Crippen molar-refractivity contribution >= 4 is 31.5 Å². The average molecular weight is 446 g/mol. The van der Waals surface area contributed by atoms with Crippen LogP contribution in [-0.4, -0.2) is 4.98 Å². The molecule has 0 saturated heterocycles. The van der Waals surface area contributed by atoms with Crippen LogP contribution in [0.15, 0.2) is 66.9 Å². The molecule has 2 aliphatic rings. The highest BCUT2D eigenvalue weighted by atomic mass is 32.1. The Balaban J connectivity index is 1.42. The maximum Gasteiger partial charge on any atom is 0.0751 e. The average Bonchev–Trinajstić information content (AvgIpc) is 3.26. The van der Waals surface area contributed by atoms with Crippen LogP contribution < -0.4 is 0 Å². The molecule has 0 bridgehead atoms.